The highest BCUT2D eigenvalue weighted by atomic mass is 35.5. The van der Waals surface area contributed by atoms with Crippen LogP contribution in [-0.4, -0.2) is 31.5 Å². The SMILES string of the molecule is CCOc1cc(/C=N/Nc2ccc(OC)c(Cl)c2)cc([N+](=O)[O-])c1OCC. The van der Waals surface area contributed by atoms with Crippen LogP contribution in [0.25, 0.3) is 0 Å². The molecule has 0 saturated carbocycles. The summed E-state index contributed by atoms with van der Waals surface area (Å²) < 4.78 is 16.0. The van der Waals surface area contributed by atoms with Crippen molar-refractivity contribution < 1.29 is 19.1 Å². The van der Waals surface area contributed by atoms with Crippen LogP contribution in [-0.2, 0) is 0 Å². The Hall–Kier alpha value is -3.00. The van der Waals surface area contributed by atoms with Crippen molar-refractivity contribution in [3.63, 3.8) is 0 Å². The number of ether oxygens (including phenoxy) is 3. The number of hydrazone groups is 1. The number of methoxy groups -OCH3 is 1. The Morgan fingerprint density at radius 3 is 2.52 bits per heavy atom. The Kier molecular flexibility index (Phi) is 7.25. The summed E-state index contributed by atoms with van der Waals surface area (Å²) in [6.07, 6.45) is 1.45. The first-order chi connectivity index (χ1) is 13.0. The van der Waals surface area contributed by atoms with Gasteiger partial charge in [0, 0.05) is 11.6 Å². The lowest BCUT2D eigenvalue weighted by Crippen LogP contribution is -2.03. The molecule has 0 atom stereocenters. The third-order valence-corrected chi connectivity index (χ3v) is 3.70. The average molecular weight is 394 g/mol. The van der Waals surface area contributed by atoms with Gasteiger partial charge in [0.05, 0.1) is 42.2 Å². The summed E-state index contributed by atoms with van der Waals surface area (Å²) in [6, 6.07) is 8.11. The molecule has 1 N–H and O–H groups in total. The molecule has 0 unspecified atom stereocenters. The Labute approximate surface area is 161 Å². The smallest absolute Gasteiger partial charge is 0.315 e. The second-order valence-corrected chi connectivity index (χ2v) is 5.62. The number of benzene rings is 2. The lowest BCUT2D eigenvalue weighted by Gasteiger charge is -2.11. The van der Waals surface area contributed by atoms with Gasteiger partial charge in [-0.15, -0.1) is 0 Å². The minimum Gasteiger partial charge on any atom is -0.495 e. The molecule has 0 fully saturated rings. The minimum absolute atomic E-state index is 0.108. The quantitative estimate of drug-likeness (QED) is 0.383. The fourth-order valence-corrected chi connectivity index (χ4v) is 2.55. The number of nitro groups is 1. The second-order valence-electron chi connectivity index (χ2n) is 5.21. The molecule has 2 aromatic carbocycles. The van der Waals surface area contributed by atoms with E-state index >= 15 is 0 Å². The average Bonchev–Trinajstić information content (AvgIpc) is 2.64. The van der Waals surface area contributed by atoms with Crippen LogP contribution in [0.2, 0.25) is 5.02 Å². The van der Waals surface area contributed by atoms with Crippen molar-refractivity contribution in [2.75, 3.05) is 25.7 Å². The zero-order valence-corrected chi connectivity index (χ0v) is 15.9. The second kappa shape index (κ2) is 9.63. The van der Waals surface area contributed by atoms with E-state index in [0.717, 1.165) is 0 Å². The monoisotopic (exact) mass is 393 g/mol. The number of nitro benzene ring substituents is 1. The van der Waals surface area contributed by atoms with Gasteiger partial charge in [-0.05, 0) is 38.1 Å². The molecule has 0 aliphatic carbocycles. The summed E-state index contributed by atoms with van der Waals surface area (Å²) >= 11 is 6.06. The maximum atomic E-state index is 11.4. The normalized spacial score (nSPS) is 10.7. The third-order valence-electron chi connectivity index (χ3n) is 3.40. The molecule has 9 heteroatoms. The van der Waals surface area contributed by atoms with Crippen LogP contribution < -0.4 is 19.6 Å². The summed E-state index contributed by atoms with van der Waals surface area (Å²) in [5.41, 5.74) is 3.76. The molecule has 2 rings (SSSR count). The molecule has 8 nitrogen and oxygen atoms in total. The number of hydrogen-bond donors (Lipinski definition) is 1. The van der Waals surface area contributed by atoms with Crippen LogP contribution in [0.15, 0.2) is 35.4 Å². The maximum absolute atomic E-state index is 11.4. The fraction of sp³-hybridized carbons (Fsp3) is 0.278. The van der Waals surface area contributed by atoms with Gasteiger partial charge in [-0.3, -0.25) is 15.5 Å². The van der Waals surface area contributed by atoms with E-state index in [1.165, 1.54) is 19.4 Å². The highest BCUT2D eigenvalue weighted by Crippen LogP contribution is 2.38. The molecule has 2 aromatic rings. The molecule has 0 radical (unpaired) electrons. The molecule has 0 aliphatic rings. The summed E-state index contributed by atoms with van der Waals surface area (Å²) in [7, 11) is 1.53. The van der Waals surface area contributed by atoms with Gasteiger partial charge in [-0.25, -0.2) is 0 Å². The molecule has 144 valence electrons. The van der Waals surface area contributed by atoms with E-state index in [9.17, 15) is 10.1 Å². The first-order valence-corrected chi connectivity index (χ1v) is 8.58. The highest BCUT2D eigenvalue weighted by Gasteiger charge is 2.22. The summed E-state index contributed by atoms with van der Waals surface area (Å²) in [4.78, 5) is 10.9. The van der Waals surface area contributed by atoms with Crippen molar-refractivity contribution in [3.8, 4) is 17.2 Å². The van der Waals surface area contributed by atoms with E-state index < -0.39 is 4.92 Å². The molecule has 0 spiro atoms. The number of rotatable bonds is 9. The molecule has 0 heterocycles. The first kappa shape index (κ1) is 20.3. The molecular weight excluding hydrogens is 374 g/mol. The number of nitrogens with zero attached hydrogens (tertiary/aromatic N) is 2. The van der Waals surface area contributed by atoms with E-state index in [1.54, 1.807) is 38.1 Å². The van der Waals surface area contributed by atoms with Crippen molar-refractivity contribution in [1.82, 2.24) is 0 Å². The van der Waals surface area contributed by atoms with E-state index in [4.69, 9.17) is 25.8 Å². The van der Waals surface area contributed by atoms with E-state index in [-0.39, 0.29) is 18.0 Å². The van der Waals surface area contributed by atoms with Crippen LogP contribution in [0.5, 0.6) is 17.2 Å². The maximum Gasteiger partial charge on any atom is 0.315 e. The largest absolute Gasteiger partial charge is 0.495 e. The van der Waals surface area contributed by atoms with Crippen LogP contribution >= 0.6 is 11.6 Å². The van der Waals surface area contributed by atoms with Gasteiger partial charge in [0.15, 0.2) is 5.75 Å². The van der Waals surface area contributed by atoms with Gasteiger partial charge >= 0.3 is 5.69 Å². The van der Waals surface area contributed by atoms with Crippen LogP contribution in [0.3, 0.4) is 0 Å². The number of halogens is 1. The molecule has 0 aliphatic heterocycles. The van der Waals surface area contributed by atoms with Crippen molar-refractivity contribution in [1.29, 1.82) is 0 Å². The van der Waals surface area contributed by atoms with Gasteiger partial charge in [0.2, 0.25) is 5.75 Å². The van der Waals surface area contributed by atoms with E-state index in [2.05, 4.69) is 10.5 Å². The van der Waals surface area contributed by atoms with Gasteiger partial charge in [-0.2, -0.15) is 5.10 Å². The van der Waals surface area contributed by atoms with Gasteiger partial charge in [-0.1, -0.05) is 11.6 Å². The Balaban J connectivity index is 2.28. The predicted octanol–water partition coefficient (Wildman–Crippen LogP) is 4.50. The first-order valence-electron chi connectivity index (χ1n) is 8.20. The molecule has 0 aromatic heterocycles. The van der Waals surface area contributed by atoms with Crippen LogP contribution in [0, 0.1) is 10.1 Å². The molecule has 0 bridgehead atoms. The Bertz CT molecular complexity index is 842. The van der Waals surface area contributed by atoms with Crippen LogP contribution in [0.4, 0.5) is 11.4 Å². The third kappa shape index (κ3) is 5.24. The number of hydrogen-bond acceptors (Lipinski definition) is 7. The summed E-state index contributed by atoms with van der Waals surface area (Å²) in [6.45, 7) is 4.17. The Morgan fingerprint density at radius 2 is 1.93 bits per heavy atom. The van der Waals surface area contributed by atoms with Crippen molar-refractivity contribution in [2.24, 2.45) is 5.10 Å². The zero-order valence-electron chi connectivity index (χ0n) is 15.2. The van der Waals surface area contributed by atoms with Crippen LogP contribution in [0.1, 0.15) is 19.4 Å². The highest BCUT2D eigenvalue weighted by molar-refractivity contribution is 6.32. The van der Waals surface area contributed by atoms with Crippen molar-refractivity contribution in [2.45, 2.75) is 13.8 Å². The number of anilines is 1. The van der Waals surface area contributed by atoms with E-state index in [0.29, 0.717) is 34.4 Å². The van der Waals surface area contributed by atoms with E-state index in [1.807, 2.05) is 0 Å². The van der Waals surface area contributed by atoms with Gasteiger partial charge in [0.25, 0.3) is 0 Å². The summed E-state index contributed by atoms with van der Waals surface area (Å²) in [5, 5.41) is 15.9. The Morgan fingerprint density at radius 1 is 1.19 bits per heavy atom. The molecular formula is C18H20ClN3O5. The minimum atomic E-state index is -0.512. The van der Waals surface area contributed by atoms with Gasteiger partial charge in [0.1, 0.15) is 5.75 Å². The van der Waals surface area contributed by atoms with Crippen molar-refractivity contribution in [3.05, 3.63) is 51.0 Å². The molecule has 0 amide bonds. The number of nitrogens with one attached hydrogen (secondary N) is 1. The predicted molar refractivity (Wildman–Crippen MR) is 105 cm³/mol. The summed E-state index contributed by atoms with van der Waals surface area (Å²) in [5.74, 6) is 0.952. The standard InChI is InChI=1S/C18H20ClN3O5/c1-4-26-17-9-12(8-15(22(23)24)18(17)27-5-2)11-20-21-13-6-7-16(25-3)14(19)10-13/h6-11,21H,4-5H2,1-3H3/b20-11+. The lowest BCUT2D eigenvalue weighted by molar-refractivity contribution is -0.385. The zero-order chi connectivity index (χ0) is 19.8. The lowest BCUT2D eigenvalue weighted by atomic mass is 10.2. The molecule has 27 heavy (non-hydrogen) atoms. The molecule has 0 saturated heterocycles. The van der Waals surface area contributed by atoms with Gasteiger partial charge < -0.3 is 14.2 Å². The topological polar surface area (TPSA) is 95.2 Å². The fourth-order valence-electron chi connectivity index (χ4n) is 2.29. The van der Waals surface area contributed by atoms with Crippen molar-refractivity contribution >= 4 is 29.2 Å².